The van der Waals surface area contributed by atoms with Gasteiger partial charge in [0.2, 0.25) is 5.82 Å². The van der Waals surface area contributed by atoms with Crippen LogP contribution in [0.2, 0.25) is 0 Å². The second-order valence-electron chi connectivity index (χ2n) is 9.00. The van der Waals surface area contributed by atoms with E-state index in [2.05, 4.69) is 60.8 Å². The number of aromatic nitrogens is 2. The molecule has 0 atom stereocenters. The van der Waals surface area contributed by atoms with Gasteiger partial charge in [0.25, 0.3) is 5.82 Å². The molecule has 1 aromatic heterocycles. The third kappa shape index (κ3) is 3.88. The summed E-state index contributed by atoms with van der Waals surface area (Å²) in [6, 6.07) is 6.64. The van der Waals surface area contributed by atoms with E-state index in [1.165, 1.54) is 28.0 Å². The number of rotatable bonds is 5. The summed E-state index contributed by atoms with van der Waals surface area (Å²) in [7, 11) is 0. The van der Waals surface area contributed by atoms with Crippen LogP contribution in [0.4, 0.5) is 10.2 Å². The molecule has 0 unspecified atom stereocenters. The van der Waals surface area contributed by atoms with Crippen LogP contribution in [0.15, 0.2) is 49.0 Å². The maximum atomic E-state index is 13.6. The molecule has 0 saturated carbocycles. The minimum atomic E-state index is -0.501. The Morgan fingerprint density at radius 1 is 1.18 bits per heavy atom. The molecule has 5 nitrogen and oxygen atoms in total. The topological polar surface area (TPSA) is 35.3 Å². The maximum absolute atomic E-state index is 13.6. The standard InChI is InChI=1S/C27H31FN5/c1-5-25-29-23-16-31(24-11-7-10-21-9-6-8-18(2)26(21)24)13-12-22(23)27(30-25)33-15-14-32(17-33)20(4)19(3)28/h6,8-9,11,17H,3-5,7,10,12-16H2,1-2H3/q+1. The molecule has 33 heavy (non-hydrogen) atoms. The fourth-order valence-corrected chi connectivity index (χ4v) is 5.14. The van der Waals surface area contributed by atoms with Crippen molar-refractivity contribution >= 4 is 17.9 Å². The van der Waals surface area contributed by atoms with Crippen molar-refractivity contribution in [2.45, 2.75) is 46.1 Å². The molecule has 170 valence electrons. The molecule has 0 spiro atoms. The highest BCUT2D eigenvalue weighted by Crippen LogP contribution is 2.36. The van der Waals surface area contributed by atoms with Gasteiger partial charge in [-0.1, -0.05) is 49.3 Å². The number of aryl methyl sites for hydroxylation is 3. The Bertz CT molecular complexity index is 1210. The van der Waals surface area contributed by atoms with Crippen LogP contribution < -0.4 is 0 Å². The normalized spacial score (nSPS) is 17.3. The van der Waals surface area contributed by atoms with Gasteiger partial charge < -0.3 is 4.90 Å². The molecule has 6 heteroatoms. The van der Waals surface area contributed by atoms with E-state index in [-0.39, 0.29) is 0 Å². The quantitative estimate of drug-likeness (QED) is 0.496. The van der Waals surface area contributed by atoms with E-state index >= 15 is 0 Å². The van der Waals surface area contributed by atoms with Gasteiger partial charge in [0.1, 0.15) is 12.2 Å². The summed E-state index contributed by atoms with van der Waals surface area (Å²) in [4.78, 5) is 14.1. The van der Waals surface area contributed by atoms with Gasteiger partial charge in [0.05, 0.1) is 24.3 Å². The lowest BCUT2D eigenvalue weighted by Gasteiger charge is -2.35. The highest BCUT2D eigenvalue weighted by Gasteiger charge is 2.32. The van der Waals surface area contributed by atoms with Crippen LogP contribution in [0.5, 0.6) is 0 Å². The van der Waals surface area contributed by atoms with Gasteiger partial charge in [-0.25, -0.2) is 13.9 Å². The molecule has 0 bridgehead atoms. The highest BCUT2D eigenvalue weighted by molar-refractivity contribution is 5.72. The molecule has 0 radical (unpaired) electrons. The summed E-state index contributed by atoms with van der Waals surface area (Å²) >= 11 is 0. The van der Waals surface area contributed by atoms with Crippen molar-refractivity contribution in [1.82, 2.24) is 19.8 Å². The van der Waals surface area contributed by atoms with Gasteiger partial charge in [-0.3, -0.25) is 4.90 Å². The molecular weight excluding hydrogens is 413 g/mol. The van der Waals surface area contributed by atoms with Crippen molar-refractivity contribution < 1.29 is 8.97 Å². The predicted molar refractivity (Wildman–Crippen MR) is 130 cm³/mol. The van der Waals surface area contributed by atoms with Crippen molar-refractivity contribution in [3.63, 3.8) is 0 Å². The third-order valence-corrected chi connectivity index (χ3v) is 6.91. The first kappa shape index (κ1) is 21.6. The first-order chi connectivity index (χ1) is 16.0. The molecule has 0 fully saturated rings. The zero-order valence-electron chi connectivity index (χ0n) is 19.6. The van der Waals surface area contributed by atoms with Crippen molar-refractivity contribution in [1.29, 1.82) is 0 Å². The van der Waals surface area contributed by atoms with Gasteiger partial charge in [0, 0.05) is 24.2 Å². The average molecular weight is 445 g/mol. The Morgan fingerprint density at radius 2 is 2.03 bits per heavy atom. The smallest absolute Gasteiger partial charge is 0.269 e. The first-order valence-corrected chi connectivity index (χ1v) is 11.8. The van der Waals surface area contributed by atoms with E-state index in [1.54, 1.807) is 0 Å². The van der Waals surface area contributed by atoms with Crippen molar-refractivity contribution in [2.24, 2.45) is 0 Å². The number of nitrogens with zero attached hydrogens (tertiary/aromatic N) is 5. The molecule has 2 aromatic rings. The second-order valence-corrected chi connectivity index (χ2v) is 9.00. The lowest BCUT2D eigenvalue weighted by molar-refractivity contribution is -0.429. The fourth-order valence-electron chi connectivity index (χ4n) is 5.14. The van der Waals surface area contributed by atoms with Crippen LogP contribution >= 0.6 is 0 Å². The molecule has 0 N–H and O–H groups in total. The molecule has 0 saturated heterocycles. The van der Waals surface area contributed by atoms with Crippen LogP contribution in [-0.2, 0) is 25.8 Å². The van der Waals surface area contributed by atoms with E-state index in [0.29, 0.717) is 12.2 Å². The average Bonchev–Trinajstić information content (AvgIpc) is 3.32. The summed E-state index contributed by atoms with van der Waals surface area (Å²) in [6.07, 6.45) is 8.14. The highest BCUT2D eigenvalue weighted by atomic mass is 19.1. The van der Waals surface area contributed by atoms with Crippen LogP contribution in [0.3, 0.4) is 0 Å². The summed E-state index contributed by atoms with van der Waals surface area (Å²) < 4.78 is 15.7. The fraction of sp³-hybridized carbons (Fsp3) is 0.370. The Hall–Kier alpha value is -3.28. The minimum absolute atomic E-state index is 0.306. The number of hydrogen-bond donors (Lipinski definition) is 0. The zero-order valence-corrected chi connectivity index (χ0v) is 19.6. The van der Waals surface area contributed by atoms with Crippen molar-refractivity contribution in [2.75, 3.05) is 19.6 Å². The zero-order chi connectivity index (χ0) is 23.1. The monoisotopic (exact) mass is 444 g/mol. The number of benzene rings is 1. The number of fused-ring (bicyclic) bond motifs is 2. The lowest BCUT2D eigenvalue weighted by atomic mass is 9.89. The van der Waals surface area contributed by atoms with Crippen LogP contribution in [0.1, 0.15) is 47.1 Å². The lowest BCUT2D eigenvalue weighted by Crippen LogP contribution is -2.32. The van der Waals surface area contributed by atoms with Gasteiger partial charge in [-0.05, 0) is 37.3 Å². The van der Waals surface area contributed by atoms with Crippen molar-refractivity contribution in [3.8, 4) is 0 Å². The maximum Gasteiger partial charge on any atom is 0.269 e. The Balaban J connectivity index is 1.49. The summed E-state index contributed by atoms with van der Waals surface area (Å²) in [6.45, 7) is 14.6. The summed E-state index contributed by atoms with van der Waals surface area (Å²) in [5.41, 5.74) is 8.12. The Labute approximate surface area is 195 Å². The number of halogens is 1. The first-order valence-electron chi connectivity index (χ1n) is 11.8. The van der Waals surface area contributed by atoms with Crippen LogP contribution in [0.25, 0.3) is 5.70 Å². The molecule has 1 aromatic carbocycles. The molecule has 0 amide bonds. The van der Waals surface area contributed by atoms with E-state index in [4.69, 9.17) is 9.97 Å². The summed E-state index contributed by atoms with van der Waals surface area (Å²) in [5, 5.41) is 0. The Kier molecular flexibility index (Phi) is 5.60. The van der Waals surface area contributed by atoms with Gasteiger partial charge in [-0.15, -0.1) is 0 Å². The third-order valence-electron chi connectivity index (χ3n) is 6.91. The van der Waals surface area contributed by atoms with Crippen LogP contribution in [-0.4, -0.2) is 50.3 Å². The number of allylic oxidation sites excluding steroid dienone is 2. The van der Waals surface area contributed by atoms with Crippen molar-refractivity contribution in [3.05, 3.63) is 82.7 Å². The van der Waals surface area contributed by atoms with E-state index in [9.17, 15) is 4.39 Å². The van der Waals surface area contributed by atoms with Gasteiger partial charge in [0.15, 0.2) is 12.2 Å². The SMILES string of the molecule is C=C(F)C(=C)N1C=[N+](c2nc(CC)nc3c2CCN(C2=CCCc4cccc(C)c42)C3)CC1. The van der Waals surface area contributed by atoms with E-state index in [0.717, 1.165) is 62.7 Å². The molecule has 5 rings (SSSR count). The predicted octanol–water partition coefficient (Wildman–Crippen LogP) is 4.68. The molecular formula is C27H31FN5+. The minimum Gasteiger partial charge on any atom is -0.365 e. The van der Waals surface area contributed by atoms with Gasteiger partial charge >= 0.3 is 0 Å². The largest absolute Gasteiger partial charge is 0.365 e. The number of hydrogen-bond acceptors (Lipinski definition) is 4. The Morgan fingerprint density at radius 3 is 2.82 bits per heavy atom. The van der Waals surface area contributed by atoms with Gasteiger partial charge in [-0.2, -0.15) is 0 Å². The molecule has 1 aliphatic carbocycles. The molecule has 3 heterocycles. The van der Waals surface area contributed by atoms with E-state index < -0.39 is 5.83 Å². The second kappa shape index (κ2) is 8.58. The summed E-state index contributed by atoms with van der Waals surface area (Å²) in [5.74, 6) is 1.30. The molecule has 2 aliphatic heterocycles. The molecule has 3 aliphatic rings. The van der Waals surface area contributed by atoms with E-state index in [1.807, 2.05) is 11.2 Å². The van der Waals surface area contributed by atoms with Crippen LogP contribution in [0, 0.1) is 6.92 Å².